The molecule has 0 saturated carbocycles. The van der Waals surface area contributed by atoms with E-state index in [0.29, 0.717) is 10.6 Å². The minimum Gasteiger partial charge on any atom is -0.377 e. The molecule has 0 saturated heterocycles. The van der Waals surface area contributed by atoms with Crippen molar-refractivity contribution in [1.29, 1.82) is 0 Å². The monoisotopic (exact) mass is 370 g/mol. The Morgan fingerprint density at radius 1 is 1.19 bits per heavy atom. The van der Waals surface area contributed by atoms with Crippen LogP contribution in [0.15, 0.2) is 40.9 Å². The SMILES string of the molecule is CC(Nc1cc(Cl)ccc1N(C)C)c1cc(Br)ccc1F. The second kappa shape index (κ2) is 6.67. The Labute approximate surface area is 138 Å². The highest BCUT2D eigenvalue weighted by atomic mass is 79.9. The van der Waals surface area contributed by atoms with Crippen LogP contribution in [-0.4, -0.2) is 14.1 Å². The molecule has 0 spiro atoms. The molecule has 0 heterocycles. The smallest absolute Gasteiger partial charge is 0.128 e. The van der Waals surface area contributed by atoms with E-state index < -0.39 is 0 Å². The molecule has 2 aromatic rings. The molecule has 1 N–H and O–H groups in total. The van der Waals surface area contributed by atoms with Crippen LogP contribution < -0.4 is 10.2 Å². The van der Waals surface area contributed by atoms with Gasteiger partial charge in [0.05, 0.1) is 17.4 Å². The van der Waals surface area contributed by atoms with Gasteiger partial charge in [0.2, 0.25) is 0 Å². The van der Waals surface area contributed by atoms with Gasteiger partial charge in [-0.15, -0.1) is 0 Å². The predicted octanol–water partition coefficient (Wildman–Crippen LogP) is 5.48. The van der Waals surface area contributed by atoms with E-state index in [1.165, 1.54) is 6.07 Å². The van der Waals surface area contributed by atoms with Crippen molar-refractivity contribution in [3.63, 3.8) is 0 Å². The summed E-state index contributed by atoms with van der Waals surface area (Å²) in [5.74, 6) is -0.230. The maximum Gasteiger partial charge on any atom is 0.128 e. The molecule has 112 valence electrons. The van der Waals surface area contributed by atoms with E-state index in [-0.39, 0.29) is 11.9 Å². The van der Waals surface area contributed by atoms with E-state index in [1.54, 1.807) is 12.1 Å². The van der Waals surface area contributed by atoms with Crippen molar-refractivity contribution in [2.45, 2.75) is 13.0 Å². The molecule has 2 nitrogen and oxygen atoms in total. The van der Waals surface area contributed by atoms with E-state index in [4.69, 9.17) is 11.6 Å². The van der Waals surface area contributed by atoms with Gasteiger partial charge in [0.1, 0.15) is 5.82 Å². The molecule has 1 atom stereocenters. The Balaban J connectivity index is 2.33. The zero-order valence-corrected chi connectivity index (χ0v) is 14.5. The largest absolute Gasteiger partial charge is 0.377 e. The van der Waals surface area contributed by atoms with Gasteiger partial charge in [-0.1, -0.05) is 27.5 Å². The number of halogens is 3. The van der Waals surface area contributed by atoms with Gasteiger partial charge in [-0.05, 0) is 43.3 Å². The zero-order chi connectivity index (χ0) is 15.6. The number of nitrogens with one attached hydrogen (secondary N) is 1. The summed E-state index contributed by atoms with van der Waals surface area (Å²) in [5, 5.41) is 3.97. The van der Waals surface area contributed by atoms with Crippen LogP contribution in [0.1, 0.15) is 18.5 Å². The summed E-state index contributed by atoms with van der Waals surface area (Å²) in [6.07, 6.45) is 0. The van der Waals surface area contributed by atoms with E-state index in [1.807, 2.05) is 44.1 Å². The number of rotatable bonds is 4. The maximum absolute atomic E-state index is 14.0. The molecule has 21 heavy (non-hydrogen) atoms. The average Bonchev–Trinajstić information content (AvgIpc) is 2.41. The first-order valence-corrected chi connectivity index (χ1v) is 7.74. The van der Waals surface area contributed by atoms with Crippen LogP contribution in [-0.2, 0) is 0 Å². The normalized spacial score (nSPS) is 12.1. The summed E-state index contributed by atoms with van der Waals surface area (Å²) < 4.78 is 14.8. The number of anilines is 2. The van der Waals surface area contributed by atoms with Gasteiger partial charge < -0.3 is 10.2 Å². The van der Waals surface area contributed by atoms with Crippen LogP contribution in [0.2, 0.25) is 5.02 Å². The molecular weight excluding hydrogens is 355 g/mol. The molecular formula is C16H17BrClFN2. The van der Waals surface area contributed by atoms with Crippen molar-refractivity contribution >= 4 is 38.9 Å². The predicted molar refractivity (Wildman–Crippen MR) is 91.9 cm³/mol. The first kappa shape index (κ1) is 16.1. The fourth-order valence-electron chi connectivity index (χ4n) is 2.17. The average molecular weight is 372 g/mol. The summed E-state index contributed by atoms with van der Waals surface area (Å²) in [6.45, 7) is 1.92. The summed E-state index contributed by atoms with van der Waals surface area (Å²) in [5.41, 5.74) is 2.48. The van der Waals surface area contributed by atoms with Gasteiger partial charge >= 0.3 is 0 Å². The molecule has 0 aliphatic rings. The van der Waals surface area contributed by atoms with Gasteiger partial charge in [-0.25, -0.2) is 4.39 Å². The van der Waals surface area contributed by atoms with E-state index in [2.05, 4.69) is 21.2 Å². The van der Waals surface area contributed by atoms with Gasteiger partial charge in [-0.2, -0.15) is 0 Å². The Bertz CT molecular complexity index is 646. The molecule has 0 aliphatic carbocycles. The van der Waals surface area contributed by atoms with Crippen LogP contribution in [0.3, 0.4) is 0 Å². The summed E-state index contributed by atoms with van der Waals surface area (Å²) in [4.78, 5) is 1.99. The molecule has 5 heteroatoms. The van der Waals surface area contributed by atoms with E-state index >= 15 is 0 Å². The second-order valence-corrected chi connectivity index (χ2v) is 6.44. The molecule has 2 rings (SSSR count). The summed E-state index contributed by atoms with van der Waals surface area (Å²) in [6, 6.07) is 10.4. The highest BCUT2D eigenvalue weighted by Crippen LogP contribution is 2.32. The van der Waals surface area contributed by atoms with Crippen molar-refractivity contribution in [3.05, 3.63) is 57.3 Å². The fourth-order valence-corrected chi connectivity index (χ4v) is 2.72. The standard InChI is InChI=1S/C16H17BrClFN2/c1-10(13-8-11(17)4-6-14(13)19)20-15-9-12(18)5-7-16(15)21(2)3/h4-10,20H,1-3H3. The second-order valence-electron chi connectivity index (χ2n) is 5.09. The fraction of sp³-hybridized carbons (Fsp3) is 0.250. The van der Waals surface area contributed by atoms with Gasteiger partial charge in [-0.3, -0.25) is 0 Å². The Morgan fingerprint density at radius 2 is 1.90 bits per heavy atom. The van der Waals surface area contributed by atoms with Crippen LogP contribution in [0.25, 0.3) is 0 Å². The van der Waals surface area contributed by atoms with Crippen molar-refractivity contribution in [2.24, 2.45) is 0 Å². The van der Waals surface area contributed by atoms with Crippen LogP contribution in [0.4, 0.5) is 15.8 Å². The summed E-state index contributed by atoms with van der Waals surface area (Å²) >= 11 is 9.44. The lowest BCUT2D eigenvalue weighted by Crippen LogP contribution is -2.14. The van der Waals surface area contributed by atoms with Crippen molar-refractivity contribution in [2.75, 3.05) is 24.3 Å². The molecule has 0 aliphatic heterocycles. The molecule has 1 unspecified atom stereocenters. The number of hydrogen-bond acceptors (Lipinski definition) is 2. The van der Waals surface area contributed by atoms with Crippen molar-refractivity contribution in [3.8, 4) is 0 Å². The Morgan fingerprint density at radius 3 is 2.57 bits per heavy atom. The highest BCUT2D eigenvalue weighted by molar-refractivity contribution is 9.10. The van der Waals surface area contributed by atoms with Gasteiger partial charge in [0, 0.05) is 29.2 Å². The van der Waals surface area contributed by atoms with Crippen molar-refractivity contribution in [1.82, 2.24) is 0 Å². The Kier molecular flexibility index (Phi) is 5.12. The van der Waals surface area contributed by atoms with E-state index in [0.717, 1.165) is 15.8 Å². The zero-order valence-electron chi connectivity index (χ0n) is 12.1. The lowest BCUT2D eigenvalue weighted by atomic mass is 10.1. The van der Waals surface area contributed by atoms with Crippen molar-refractivity contribution < 1.29 is 4.39 Å². The minimum absolute atomic E-state index is 0.181. The molecule has 0 amide bonds. The maximum atomic E-state index is 14.0. The lowest BCUT2D eigenvalue weighted by molar-refractivity contribution is 0.600. The molecule has 0 radical (unpaired) electrons. The van der Waals surface area contributed by atoms with Crippen LogP contribution >= 0.6 is 27.5 Å². The first-order chi connectivity index (χ1) is 9.88. The molecule has 0 aromatic heterocycles. The number of benzene rings is 2. The number of hydrogen-bond donors (Lipinski definition) is 1. The molecule has 0 fully saturated rings. The Hall–Kier alpha value is -1.26. The highest BCUT2D eigenvalue weighted by Gasteiger charge is 2.14. The van der Waals surface area contributed by atoms with Gasteiger partial charge in [0.25, 0.3) is 0 Å². The third-order valence-corrected chi connectivity index (χ3v) is 3.97. The van der Waals surface area contributed by atoms with Crippen LogP contribution in [0, 0.1) is 5.82 Å². The van der Waals surface area contributed by atoms with Crippen LogP contribution in [0.5, 0.6) is 0 Å². The number of nitrogens with zero attached hydrogens (tertiary/aromatic N) is 1. The minimum atomic E-state index is -0.230. The summed E-state index contributed by atoms with van der Waals surface area (Å²) in [7, 11) is 3.91. The third-order valence-electron chi connectivity index (χ3n) is 3.24. The lowest BCUT2D eigenvalue weighted by Gasteiger charge is -2.23. The van der Waals surface area contributed by atoms with Gasteiger partial charge in [0.15, 0.2) is 0 Å². The quantitative estimate of drug-likeness (QED) is 0.765. The topological polar surface area (TPSA) is 15.3 Å². The third kappa shape index (κ3) is 3.89. The first-order valence-electron chi connectivity index (χ1n) is 6.57. The molecule has 2 aromatic carbocycles. The molecule has 0 bridgehead atoms. The van der Waals surface area contributed by atoms with E-state index in [9.17, 15) is 4.39 Å².